The van der Waals surface area contributed by atoms with Crippen LogP contribution in [-0.4, -0.2) is 47.6 Å². The predicted molar refractivity (Wildman–Crippen MR) is 162 cm³/mol. The minimum Gasteiger partial charge on any atom is -0.427 e. The van der Waals surface area contributed by atoms with Crippen LogP contribution in [0.15, 0.2) is 72.8 Å². The summed E-state index contributed by atoms with van der Waals surface area (Å²) in [5.41, 5.74) is 1.89. The SMILES string of the molecule is CC(C)(O)C(C)(C)OBc1cc(BOC(C)(C)C(C)(C)O)c(Nc2ccccc2)cc1Nc1ccccc1. The standard InChI is InChI=1S/C30H42B2N2O4/c1-27(2,35)29(5,6)37-31-23-19-24(32-38-30(7,8)28(3,4)36)26(34-22-17-13-10-14-18-22)20-25(23)33-21-15-11-9-12-16-21/h9-20,31-36H,1-8H3. The maximum Gasteiger partial charge on any atom is 0.311 e. The molecule has 3 aromatic carbocycles. The molecule has 0 fully saturated rings. The van der Waals surface area contributed by atoms with E-state index in [2.05, 4.69) is 22.8 Å². The zero-order valence-electron chi connectivity index (χ0n) is 24.1. The lowest BCUT2D eigenvalue weighted by Crippen LogP contribution is -2.50. The van der Waals surface area contributed by atoms with E-state index in [4.69, 9.17) is 9.31 Å². The minimum absolute atomic E-state index is 0.277. The number of nitrogens with one attached hydrogen (secondary N) is 2. The van der Waals surface area contributed by atoms with Gasteiger partial charge >= 0.3 is 15.0 Å². The quantitative estimate of drug-likeness (QED) is 0.270. The molecule has 0 saturated carbocycles. The molecular formula is C30H42B2N2O4. The van der Waals surface area contributed by atoms with Crippen LogP contribution in [0.2, 0.25) is 0 Å². The maximum atomic E-state index is 10.6. The molecule has 38 heavy (non-hydrogen) atoms. The maximum absolute atomic E-state index is 10.6. The fraction of sp³-hybridized carbons (Fsp3) is 0.400. The molecule has 0 spiro atoms. The molecule has 6 nitrogen and oxygen atoms in total. The van der Waals surface area contributed by atoms with Crippen molar-refractivity contribution < 1.29 is 19.5 Å². The van der Waals surface area contributed by atoms with Gasteiger partial charge in [0.05, 0.1) is 22.4 Å². The molecule has 0 saturated heterocycles. The van der Waals surface area contributed by atoms with Gasteiger partial charge in [0.2, 0.25) is 0 Å². The molecule has 4 N–H and O–H groups in total. The van der Waals surface area contributed by atoms with Crippen molar-refractivity contribution in [3.8, 4) is 0 Å². The summed E-state index contributed by atoms with van der Waals surface area (Å²) < 4.78 is 12.6. The van der Waals surface area contributed by atoms with E-state index in [1.807, 2.05) is 88.4 Å². The van der Waals surface area contributed by atoms with Gasteiger partial charge in [0, 0.05) is 22.7 Å². The van der Waals surface area contributed by atoms with Crippen LogP contribution in [0.1, 0.15) is 55.4 Å². The van der Waals surface area contributed by atoms with E-state index < -0.39 is 22.4 Å². The summed E-state index contributed by atoms with van der Waals surface area (Å²) in [7, 11) is 0.555. The van der Waals surface area contributed by atoms with E-state index in [0.717, 1.165) is 33.7 Å². The summed E-state index contributed by atoms with van der Waals surface area (Å²) in [5, 5.41) is 28.4. The second-order valence-corrected chi connectivity index (χ2v) is 11.9. The first-order chi connectivity index (χ1) is 17.6. The van der Waals surface area contributed by atoms with Gasteiger partial charge in [0.1, 0.15) is 0 Å². The van der Waals surface area contributed by atoms with Crippen LogP contribution in [0.4, 0.5) is 22.7 Å². The van der Waals surface area contributed by atoms with Gasteiger partial charge < -0.3 is 30.2 Å². The van der Waals surface area contributed by atoms with E-state index in [0.29, 0.717) is 0 Å². The first-order valence-corrected chi connectivity index (χ1v) is 13.1. The third kappa shape index (κ3) is 7.64. The Morgan fingerprint density at radius 3 is 1.21 bits per heavy atom. The molecule has 0 amide bonds. The van der Waals surface area contributed by atoms with Crippen LogP contribution >= 0.6 is 0 Å². The van der Waals surface area contributed by atoms with Gasteiger partial charge in [0.15, 0.2) is 0 Å². The van der Waals surface area contributed by atoms with Crippen molar-refractivity contribution in [3.63, 3.8) is 0 Å². The normalized spacial score (nSPS) is 12.7. The molecule has 0 aliphatic carbocycles. The Morgan fingerprint density at radius 2 is 0.895 bits per heavy atom. The lowest BCUT2D eigenvalue weighted by Gasteiger charge is -2.38. The fourth-order valence-corrected chi connectivity index (χ4v) is 3.39. The predicted octanol–water partition coefficient (Wildman–Crippen LogP) is 4.26. The van der Waals surface area contributed by atoms with E-state index in [9.17, 15) is 10.2 Å². The Bertz CT molecular complexity index is 1100. The summed E-state index contributed by atoms with van der Waals surface area (Å²) in [6, 6.07) is 24.1. The van der Waals surface area contributed by atoms with Gasteiger partial charge in [-0.1, -0.05) is 42.5 Å². The average molecular weight is 516 g/mol. The van der Waals surface area contributed by atoms with E-state index >= 15 is 0 Å². The first kappa shape index (κ1) is 29.8. The molecule has 0 aliphatic heterocycles. The number of hydrogen-bond donors (Lipinski definition) is 4. The number of rotatable bonds is 12. The zero-order valence-corrected chi connectivity index (χ0v) is 24.1. The molecule has 3 aromatic rings. The number of hydrogen-bond acceptors (Lipinski definition) is 6. The molecule has 3 rings (SSSR count). The van der Waals surface area contributed by atoms with Crippen molar-refractivity contribution in [3.05, 3.63) is 72.8 Å². The number of para-hydroxylation sites is 2. The average Bonchev–Trinajstić information content (AvgIpc) is 2.82. The smallest absolute Gasteiger partial charge is 0.311 e. The van der Waals surface area contributed by atoms with Crippen molar-refractivity contribution in [1.29, 1.82) is 0 Å². The molecule has 0 heterocycles. The molecule has 0 bridgehead atoms. The van der Waals surface area contributed by atoms with Crippen molar-refractivity contribution in [2.45, 2.75) is 77.8 Å². The second kappa shape index (κ2) is 11.5. The van der Waals surface area contributed by atoms with Gasteiger partial charge in [-0.2, -0.15) is 0 Å². The molecule has 0 aromatic heterocycles. The highest BCUT2D eigenvalue weighted by atomic mass is 16.5. The monoisotopic (exact) mass is 516 g/mol. The fourth-order valence-electron chi connectivity index (χ4n) is 3.39. The Morgan fingerprint density at radius 1 is 0.553 bits per heavy atom. The molecule has 202 valence electrons. The number of benzene rings is 3. The summed E-state index contributed by atoms with van der Waals surface area (Å²) in [6.45, 7) is 14.6. The Kier molecular flexibility index (Phi) is 9.04. The van der Waals surface area contributed by atoms with Gasteiger partial charge in [-0.3, -0.25) is 0 Å². The van der Waals surface area contributed by atoms with Crippen LogP contribution in [0, 0.1) is 0 Å². The summed E-state index contributed by atoms with van der Waals surface area (Å²) in [5.74, 6) is 0. The Balaban J connectivity index is 2.06. The van der Waals surface area contributed by atoms with E-state index in [-0.39, 0.29) is 15.0 Å². The van der Waals surface area contributed by atoms with Crippen molar-refractivity contribution in [2.24, 2.45) is 0 Å². The molecule has 0 aliphatic rings. The largest absolute Gasteiger partial charge is 0.427 e. The highest BCUT2D eigenvalue weighted by Gasteiger charge is 2.37. The third-order valence-electron chi connectivity index (χ3n) is 7.56. The second-order valence-electron chi connectivity index (χ2n) is 11.9. The van der Waals surface area contributed by atoms with E-state index in [1.54, 1.807) is 27.7 Å². The van der Waals surface area contributed by atoms with Crippen molar-refractivity contribution in [1.82, 2.24) is 0 Å². The summed E-state index contributed by atoms with van der Waals surface area (Å²) >= 11 is 0. The van der Waals surface area contributed by atoms with Crippen LogP contribution in [-0.2, 0) is 9.31 Å². The Labute approximate surface area is 229 Å². The molecule has 0 radical (unpaired) electrons. The van der Waals surface area contributed by atoms with Gasteiger partial charge in [0.25, 0.3) is 0 Å². The van der Waals surface area contributed by atoms with Crippen LogP contribution in [0.3, 0.4) is 0 Å². The molecule has 8 heteroatoms. The first-order valence-electron chi connectivity index (χ1n) is 13.1. The van der Waals surface area contributed by atoms with Crippen LogP contribution in [0.5, 0.6) is 0 Å². The lowest BCUT2D eigenvalue weighted by molar-refractivity contribution is -0.0893. The molecule has 0 atom stereocenters. The lowest BCUT2D eigenvalue weighted by atomic mass is 9.75. The van der Waals surface area contributed by atoms with Gasteiger partial charge in [-0.05, 0) is 96.6 Å². The van der Waals surface area contributed by atoms with Crippen molar-refractivity contribution >= 4 is 48.6 Å². The summed E-state index contributed by atoms with van der Waals surface area (Å²) in [6.07, 6.45) is 0. The number of anilines is 4. The summed E-state index contributed by atoms with van der Waals surface area (Å²) in [4.78, 5) is 0. The highest BCUT2D eigenvalue weighted by Crippen LogP contribution is 2.27. The Hall–Kier alpha value is -2.77. The zero-order chi connectivity index (χ0) is 28.2. The van der Waals surface area contributed by atoms with E-state index in [1.165, 1.54) is 0 Å². The highest BCUT2D eigenvalue weighted by molar-refractivity contribution is 6.55. The van der Waals surface area contributed by atoms with Gasteiger partial charge in [-0.15, -0.1) is 0 Å². The van der Waals surface area contributed by atoms with Gasteiger partial charge in [-0.25, -0.2) is 0 Å². The third-order valence-corrected chi connectivity index (χ3v) is 7.56. The topological polar surface area (TPSA) is 83.0 Å². The minimum atomic E-state index is -1.03. The molecule has 0 unspecified atom stereocenters. The number of aliphatic hydroxyl groups is 2. The van der Waals surface area contributed by atoms with Crippen LogP contribution < -0.4 is 21.6 Å². The molecular weight excluding hydrogens is 474 g/mol. The van der Waals surface area contributed by atoms with Crippen LogP contribution in [0.25, 0.3) is 0 Å². The van der Waals surface area contributed by atoms with Crippen molar-refractivity contribution in [2.75, 3.05) is 10.6 Å².